The summed E-state index contributed by atoms with van der Waals surface area (Å²) in [5, 5.41) is 0. The van der Waals surface area contributed by atoms with Crippen molar-refractivity contribution in [2.45, 2.75) is 31.8 Å². The molecule has 1 aliphatic carbocycles. The van der Waals surface area contributed by atoms with E-state index < -0.39 is 0 Å². The van der Waals surface area contributed by atoms with Crippen LogP contribution in [0, 0.1) is 0 Å². The highest BCUT2D eigenvalue weighted by atomic mass is 16.5. The Morgan fingerprint density at radius 1 is 1.00 bits per heavy atom. The van der Waals surface area contributed by atoms with Crippen LogP contribution < -0.4 is 19.9 Å². The summed E-state index contributed by atoms with van der Waals surface area (Å²) in [6.45, 7) is 0. The van der Waals surface area contributed by atoms with E-state index in [1.54, 1.807) is 26.4 Å². The molecule has 0 amide bonds. The molecule has 4 heteroatoms. The zero-order valence-electron chi connectivity index (χ0n) is 10.4. The predicted octanol–water partition coefficient (Wildman–Crippen LogP) is 2.61. The van der Waals surface area contributed by atoms with Crippen LogP contribution in [-0.4, -0.2) is 20.3 Å². The Kier molecular flexibility index (Phi) is 3.61. The van der Waals surface area contributed by atoms with Crippen molar-refractivity contribution in [2.24, 2.45) is 0 Å². The normalized spacial score (nSPS) is 15.9. The molecule has 1 aromatic carbocycles. The van der Waals surface area contributed by atoms with Crippen molar-refractivity contribution >= 4 is 5.69 Å². The molecule has 0 aliphatic heterocycles. The third-order valence-corrected chi connectivity index (χ3v) is 3.11. The zero-order valence-corrected chi connectivity index (χ0v) is 10.4. The van der Waals surface area contributed by atoms with Gasteiger partial charge < -0.3 is 19.9 Å². The lowest BCUT2D eigenvalue weighted by Gasteiger charge is -2.17. The van der Waals surface area contributed by atoms with Crippen molar-refractivity contribution in [3.8, 4) is 17.2 Å². The second-order valence-electron chi connectivity index (χ2n) is 4.27. The molecule has 0 unspecified atom stereocenters. The number of nitrogens with two attached hydrogens (primary N) is 1. The zero-order chi connectivity index (χ0) is 12.3. The number of hydrogen-bond acceptors (Lipinski definition) is 4. The summed E-state index contributed by atoms with van der Waals surface area (Å²) in [4.78, 5) is 0. The van der Waals surface area contributed by atoms with Crippen LogP contribution in [0.1, 0.15) is 25.7 Å². The second kappa shape index (κ2) is 5.17. The summed E-state index contributed by atoms with van der Waals surface area (Å²) < 4.78 is 16.4. The van der Waals surface area contributed by atoms with Gasteiger partial charge in [0.15, 0.2) is 11.5 Å². The number of benzene rings is 1. The molecule has 0 aromatic heterocycles. The first kappa shape index (κ1) is 11.9. The molecule has 0 heterocycles. The van der Waals surface area contributed by atoms with Crippen molar-refractivity contribution in [3.05, 3.63) is 12.1 Å². The Labute approximate surface area is 102 Å². The summed E-state index contributed by atoms with van der Waals surface area (Å²) in [7, 11) is 3.20. The predicted molar refractivity (Wildman–Crippen MR) is 66.8 cm³/mol. The third-order valence-electron chi connectivity index (χ3n) is 3.11. The van der Waals surface area contributed by atoms with Gasteiger partial charge >= 0.3 is 0 Å². The lowest BCUT2D eigenvalue weighted by Crippen LogP contribution is -2.12. The minimum atomic E-state index is 0.289. The minimum Gasteiger partial charge on any atom is -0.494 e. The maximum absolute atomic E-state index is 5.92. The van der Waals surface area contributed by atoms with E-state index >= 15 is 0 Å². The van der Waals surface area contributed by atoms with Crippen molar-refractivity contribution in [1.82, 2.24) is 0 Å². The van der Waals surface area contributed by atoms with Crippen LogP contribution >= 0.6 is 0 Å². The highest BCUT2D eigenvalue weighted by Gasteiger charge is 2.19. The van der Waals surface area contributed by atoms with Crippen LogP contribution in [0.3, 0.4) is 0 Å². The quantitative estimate of drug-likeness (QED) is 0.818. The van der Waals surface area contributed by atoms with E-state index in [0.29, 0.717) is 22.9 Å². The molecule has 0 bridgehead atoms. The molecule has 2 N–H and O–H groups in total. The van der Waals surface area contributed by atoms with Crippen molar-refractivity contribution in [3.63, 3.8) is 0 Å². The van der Waals surface area contributed by atoms with Crippen molar-refractivity contribution in [1.29, 1.82) is 0 Å². The van der Waals surface area contributed by atoms with E-state index in [-0.39, 0.29) is 6.10 Å². The average molecular weight is 237 g/mol. The molecule has 2 rings (SSSR count). The Hall–Kier alpha value is -1.58. The molecule has 0 spiro atoms. The first-order valence-electron chi connectivity index (χ1n) is 5.92. The van der Waals surface area contributed by atoms with Crippen LogP contribution in [0.4, 0.5) is 5.69 Å². The molecule has 0 radical (unpaired) electrons. The van der Waals surface area contributed by atoms with Gasteiger partial charge in [0, 0.05) is 12.1 Å². The van der Waals surface area contributed by atoms with Crippen molar-refractivity contribution < 1.29 is 14.2 Å². The standard InChI is InChI=1S/C13H19NO3/c1-15-11-8-12(16-2)13(7-10(11)14)17-9-5-3-4-6-9/h7-9H,3-6,14H2,1-2H3. The molecular formula is C13H19NO3. The number of methoxy groups -OCH3 is 2. The molecule has 1 saturated carbocycles. The van der Waals surface area contributed by atoms with E-state index in [2.05, 4.69) is 0 Å². The third kappa shape index (κ3) is 2.57. The lowest BCUT2D eigenvalue weighted by molar-refractivity contribution is 0.200. The van der Waals surface area contributed by atoms with E-state index in [4.69, 9.17) is 19.9 Å². The monoisotopic (exact) mass is 237 g/mol. The SMILES string of the molecule is COc1cc(OC)c(OC2CCCC2)cc1N. The Bertz CT molecular complexity index is 386. The minimum absolute atomic E-state index is 0.289. The van der Waals surface area contributed by atoms with Gasteiger partial charge in [-0.1, -0.05) is 0 Å². The van der Waals surface area contributed by atoms with Crippen molar-refractivity contribution in [2.75, 3.05) is 20.0 Å². The summed E-state index contributed by atoms with van der Waals surface area (Å²) in [5.74, 6) is 1.99. The van der Waals surface area contributed by atoms with Crippen LogP contribution in [0.5, 0.6) is 17.2 Å². The Balaban J connectivity index is 2.22. The van der Waals surface area contributed by atoms with E-state index in [0.717, 1.165) is 12.8 Å². The summed E-state index contributed by atoms with van der Waals surface area (Å²) in [6, 6.07) is 3.54. The highest BCUT2D eigenvalue weighted by Crippen LogP contribution is 2.38. The number of ether oxygens (including phenoxy) is 3. The second-order valence-corrected chi connectivity index (χ2v) is 4.27. The molecule has 1 aromatic rings. The average Bonchev–Trinajstić information content (AvgIpc) is 2.82. The topological polar surface area (TPSA) is 53.7 Å². The van der Waals surface area contributed by atoms with E-state index in [1.807, 2.05) is 0 Å². The summed E-state index contributed by atoms with van der Waals surface area (Å²) >= 11 is 0. The Morgan fingerprint density at radius 2 is 1.65 bits per heavy atom. The van der Waals surface area contributed by atoms with E-state index in [9.17, 15) is 0 Å². The molecule has 1 fully saturated rings. The number of nitrogen functional groups attached to an aromatic ring is 1. The fourth-order valence-corrected chi connectivity index (χ4v) is 2.17. The van der Waals surface area contributed by atoms with Crippen LogP contribution in [0.15, 0.2) is 12.1 Å². The molecule has 0 atom stereocenters. The summed E-state index contributed by atoms with van der Waals surface area (Å²) in [5.41, 5.74) is 6.44. The maximum Gasteiger partial charge on any atom is 0.164 e. The fraction of sp³-hybridized carbons (Fsp3) is 0.538. The molecule has 17 heavy (non-hydrogen) atoms. The molecule has 0 saturated heterocycles. The largest absolute Gasteiger partial charge is 0.494 e. The summed E-state index contributed by atoms with van der Waals surface area (Å²) in [6.07, 6.45) is 4.97. The maximum atomic E-state index is 5.92. The Morgan fingerprint density at radius 3 is 2.24 bits per heavy atom. The van der Waals surface area contributed by atoms with Gasteiger partial charge in [0.2, 0.25) is 0 Å². The first-order chi connectivity index (χ1) is 8.24. The number of hydrogen-bond donors (Lipinski definition) is 1. The van der Waals surface area contributed by atoms with Gasteiger partial charge in [0.25, 0.3) is 0 Å². The number of anilines is 1. The highest BCUT2D eigenvalue weighted by molar-refractivity contribution is 5.61. The first-order valence-corrected chi connectivity index (χ1v) is 5.92. The molecular weight excluding hydrogens is 218 g/mol. The van der Waals surface area contributed by atoms with E-state index in [1.165, 1.54) is 12.8 Å². The molecule has 94 valence electrons. The van der Waals surface area contributed by atoms with Gasteiger partial charge in [0.05, 0.1) is 26.0 Å². The van der Waals surface area contributed by atoms with Gasteiger partial charge in [-0.2, -0.15) is 0 Å². The van der Waals surface area contributed by atoms with Crippen LogP contribution in [0.25, 0.3) is 0 Å². The molecule has 1 aliphatic rings. The van der Waals surface area contributed by atoms with Gasteiger partial charge in [-0.3, -0.25) is 0 Å². The number of rotatable bonds is 4. The lowest BCUT2D eigenvalue weighted by atomic mass is 10.2. The molecule has 4 nitrogen and oxygen atoms in total. The van der Waals surface area contributed by atoms with Crippen LogP contribution in [-0.2, 0) is 0 Å². The van der Waals surface area contributed by atoms with Gasteiger partial charge in [-0.25, -0.2) is 0 Å². The van der Waals surface area contributed by atoms with Gasteiger partial charge in [0.1, 0.15) is 5.75 Å². The van der Waals surface area contributed by atoms with Crippen LogP contribution in [0.2, 0.25) is 0 Å². The fourth-order valence-electron chi connectivity index (χ4n) is 2.17. The van der Waals surface area contributed by atoms with Gasteiger partial charge in [-0.05, 0) is 25.7 Å². The van der Waals surface area contributed by atoms with Gasteiger partial charge in [-0.15, -0.1) is 0 Å². The smallest absolute Gasteiger partial charge is 0.164 e.